The smallest absolute Gasteiger partial charge is 0.198 e. The zero-order valence-corrected chi connectivity index (χ0v) is 37.4. The average molecular weight is 831 g/mol. The molecule has 3 aromatic heterocycles. The quantitative estimate of drug-likeness (QED) is 0.175. The van der Waals surface area contributed by atoms with Gasteiger partial charge in [0.1, 0.15) is 11.5 Å². The summed E-state index contributed by atoms with van der Waals surface area (Å²) < 4.78 is 12.2. The van der Waals surface area contributed by atoms with Gasteiger partial charge in [0, 0.05) is 81.0 Å². The van der Waals surface area contributed by atoms with E-state index >= 15 is 0 Å². The minimum atomic E-state index is -0.0316. The topological polar surface area (TPSA) is 30.1 Å². The van der Waals surface area contributed by atoms with E-state index in [0.29, 0.717) is 0 Å². The summed E-state index contributed by atoms with van der Waals surface area (Å²) in [4.78, 5) is 0. The second-order valence-electron chi connectivity index (χ2n) is 19.4. The third-order valence-corrected chi connectivity index (χ3v) is 14.5. The summed E-state index contributed by atoms with van der Waals surface area (Å²) in [6.07, 6.45) is 0. The van der Waals surface area contributed by atoms with Crippen molar-refractivity contribution in [1.29, 1.82) is 0 Å². The predicted molar refractivity (Wildman–Crippen MR) is 273 cm³/mol. The van der Waals surface area contributed by atoms with Crippen LogP contribution in [0.15, 0.2) is 168 Å². The summed E-state index contributed by atoms with van der Waals surface area (Å²) in [5, 5.41) is 11.3. The molecule has 5 heteroatoms. The van der Waals surface area contributed by atoms with Crippen molar-refractivity contribution in [3.63, 3.8) is 0 Å². The largest absolute Gasteiger partial charge is 0.455 e. The fraction of sp³-hybridized carbons (Fsp3) is 0.138. The molecule has 1 N–H and O–H groups in total. The summed E-state index contributed by atoms with van der Waals surface area (Å²) in [6.45, 7) is 13.7. The van der Waals surface area contributed by atoms with Crippen LogP contribution in [0.3, 0.4) is 0 Å². The van der Waals surface area contributed by atoms with Crippen LogP contribution in [-0.4, -0.2) is 11.8 Å². The first kappa shape index (κ1) is 37.9. The maximum Gasteiger partial charge on any atom is 0.198 e. The van der Waals surface area contributed by atoms with Crippen molar-refractivity contribution >= 4 is 93.7 Å². The van der Waals surface area contributed by atoms with Crippen molar-refractivity contribution in [2.24, 2.45) is 0 Å². The van der Waals surface area contributed by atoms with Gasteiger partial charge in [0.25, 0.3) is 0 Å². The fourth-order valence-electron chi connectivity index (χ4n) is 9.99. The Morgan fingerprint density at radius 1 is 0.508 bits per heavy atom. The summed E-state index contributed by atoms with van der Waals surface area (Å²) >= 11 is 1.88. The van der Waals surface area contributed by atoms with Crippen molar-refractivity contribution in [3.8, 4) is 39.5 Å². The highest BCUT2D eigenvalue weighted by atomic mass is 32.1. The maximum atomic E-state index is 6.99. The summed E-state index contributed by atoms with van der Waals surface area (Å²) in [5.74, 6) is 1.80. The van der Waals surface area contributed by atoms with E-state index in [1.54, 1.807) is 0 Å². The third kappa shape index (κ3) is 6.08. The summed E-state index contributed by atoms with van der Waals surface area (Å²) in [6, 6.07) is 60.6. The molecule has 0 atom stereocenters. The van der Waals surface area contributed by atoms with E-state index in [1.165, 1.54) is 80.8 Å². The molecule has 8 aromatic carbocycles. The molecule has 0 bridgehead atoms. The molecule has 63 heavy (non-hydrogen) atoms. The van der Waals surface area contributed by atoms with Crippen LogP contribution in [0.2, 0.25) is 0 Å². The first-order valence-electron chi connectivity index (χ1n) is 22.1. The Morgan fingerprint density at radius 2 is 1.16 bits per heavy atom. The van der Waals surface area contributed by atoms with Crippen LogP contribution < -0.4 is 16.2 Å². The summed E-state index contributed by atoms with van der Waals surface area (Å²) in [7, 11) is 0.783. The van der Waals surface area contributed by atoms with E-state index < -0.39 is 0 Å². The summed E-state index contributed by atoms with van der Waals surface area (Å²) in [5.41, 5.74) is 15.8. The van der Waals surface area contributed by atoms with Gasteiger partial charge in [-0.1, -0.05) is 162 Å². The van der Waals surface area contributed by atoms with E-state index in [-0.39, 0.29) is 10.8 Å². The number of thiophene rings is 1. The van der Waals surface area contributed by atoms with E-state index in [1.807, 2.05) is 11.3 Å². The molecule has 0 radical (unpaired) electrons. The predicted octanol–water partition coefficient (Wildman–Crippen LogP) is 14.9. The second-order valence-corrected chi connectivity index (χ2v) is 20.5. The number of nitrogens with one attached hydrogen (secondary N) is 1. The lowest BCUT2D eigenvalue weighted by molar-refractivity contribution is 0.590. The van der Waals surface area contributed by atoms with Crippen LogP contribution in [0.4, 0.5) is 11.4 Å². The van der Waals surface area contributed by atoms with Gasteiger partial charge in [0.05, 0.1) is 5.52 Å². The monoisotopic (exact) mass is 830 g/mol. The lowest BCUT2D eigenvalue weighted by atomic mass is 9.58. The van der Waals surface area contributed by atoms with E-state index in [4.69, 9.17) is 4.42 Å². The molecule has 12 rings (SSSR count). The molecular weight excluding hydrogens is 784 g/mol. The Morgan fingerprint density at radius 3 is 1.86 bits per heavy atom. The molecule has 0 spiro atoms. The first-order valence-corrected chi connectivity index (χ1v) is 22.9. The highest BCUT2D eigenvalue weighted by Gasteiger charge is 2.30. The van der Waals surface area contributed by atoms with Gasteiger partial charge in [-0.3, -0.25) is 0 Å². The number of hydrogen-bond donors (Lipinski definition) is 1. The van der Waals surface area contributed by atoms with Gasteiger partial charge in [-0.2, -0.15) is 0 Å². The zero-order valence-electron chi connectivity index (χ0n) is 36.6. The van der Waals surface area contributed by atoms with Crippen LogP contribution in [0.1, 0.15) is 52.7 Å². The van der Waals surface area contributed by atoms with Crippen LogP contribution >= 0.6 is 11.3 Å². The van der Waals surface area contributed by atoms with Gasteiger partial charge in [-0.05, 0) is 81.5 Å². The minimum Gasteiger partial charge on any atom is -0.455 e. The number of furan rings is 1. The van der Waals surface area contributed by atoms with E-state index in [9.17, 15) is 0 Å². The standard InChI is InChI=1S/C58H47BN2OS/c1-57(2,3)36-21-24-38(25-22-36)60-48-28-23-37(58(4,5)6)29-42(48)40-26-27-41-43-30-44-39-19-13-14-20-51(39)63-52(44)33-49(43)61-50-32-46-45(31-47(50)59-53(40)54(41)61)55(34-15-9-7-10-16-34)62-56(46)35-17-11-8-12-18-35/h7-33,59-60H,1-6H3. The van der Waals surface area contributed by atoms with Gasteiger partial charge >= 0.3 is 0 Å². The Bertz CT molecular complexity index is 3620. The highest BCUT2D eigenvalue weighted by Crippen LogP contribution is 2.45. The maximum absolute atomic E-state index is 6.99. The van der Waals surface area contributed by atoms with Crippen molar-refractivity contribution in [1.82, 2.24) is 4.57 Å². The van der Waals surface area contributed by atoms with Crippen LogP contribution in [-0.2, 0) is 10.8 Å². The molecule has 0 saturated heterocycles. The minimum absolute atomic E-state index is 0.0316. The molecule has 0 fully saturated rings. The number of nitrogens with zero attached hydrogens (tertiary/aromatic N) is 1. The number of rotatable bonds is 5. The normalized spacial score (nSPS) is 12.7. The van der Waals surface area contributed by atoms with Gasteiger partial charge in [0.2, 0.25) is 0 Å². The van der Waals surface area contributed by atoms with E-state index in [0.717, 1.165) is 52.1 Å². The Labute approximate surface area is 372 Å². The zero-order chi connectivity index (χ0) is 42.8. The van der Waals surface area contributed by atoms with Gasteiger partial charge in [0.15, 0.2) is 7.28 Å². The first-order chi connectivity index (χ1) is 30.5. The second kappa shape index (κ2) is 13.8. The lowest BCUT2D eigenvalue weighted by Crippen LogP contribution is -2.37. The van der Waals surface area contributed by atoms with E-state index in [2.05, 4.69) is 215 Å². The van der Waals surface area contributed by atoms with Gasteiger partial charge < -0.3 is 14.3 Å². The highest BCUT2D eigenvalue weighted by molar-refractivity contribution is 7.25. The van der Waals surface area contributed by atoms with Gasteiger partial charge in [-0.15, -0.1) is 11.3 Å². The lowest BCUT2D eigenvalue weighted by Gasteiger charge is -2.26. The molecule has 1 aliphatic heterocycles. The molecule has 304 valence electrons. The average Bonchev–Trinajstić information content (AvgIpc) is 3.95. The van der Waals surface area contributed by atoms with Gasteiger partial charge in [-0.25, -0.2) is 0 Å². The molecule has 11 aromatic rings. The van der Waals surface area contributed by atoms with Crippen LogP contribution in [0.25, 0.3) is 92.2 Å². The molecule has 1 aliphatic rings. The number of anilines is 2. The Kier molecular flexibility index (Phi) is 8.33. The molecule has 3 nitrogen and oxygen atoms in total. The number of benzene rings is 8. The molecule has 0 amide bonds. The van der Waals surface area contributed by atoms with Crippen molar-refractivity contribution < 1.29 is 4.42 Å². The SMILES string of the molecule is CC(C)(C)c1ccc(Nc2ccc(C(C)(C)C)cc2-c2ccc3c4cc5c(cc4n4c3c2Bc2cc3c(-c6ccccc6)oc(-c6ccccc6)c3cc2-4)sc2ccccc25)cc1. The molecule has 0 saturated carbocycles. The molecule has 0 aliphatic carbocycles. The van der Waals surface area contributed by atoms with Crippen LogP contribution in [0, 0.1) is 0 Å². The van der Waals surface area contributed by atoms with Crippen molar-refractivity contribution in [2.45, 2.75) is 52.4 Å². The molecular formula is C58H47BN2OS. The number of fused-ring (bicyclic) bond motifs is 9. The fourth-order valence-corrected chi connectivity index (χ4v) is 11.1. The van der Waals surface area contributed by atoms with Crippen molar-refractivity contribution in [2.75, 3.05) is 5.32 Å². The number of aromatic nitrogens is 1. The Balaban J connectivity index is 1.15. The molecule has 4 heterocycles. The van der Waals surface area contributed by atoms with Crippen LogP contribution in [0.5, 0.6) is 0 Å². The third-order valence-electron chi connectivity index (χ3n) is 13.3. The number of hydrogen-bond acceptors (Lipinski definition) is 3. The van der Waals surface area contributed by atoms with Crippen molar-refractivity contribution in [3.05, 3.63) is 175 Å². The Hall–Kier alpha value is -6.82. The molecule has 0 unspecified atom stereocenters.